The fourth-order valence-electron chi connectivity index (χ4n) is 1.73. The number of carboxylic acids is 1. The highest BCUT2D eigenvalue weighted by Gasteiger charge is 2.15. The molecule has 2 aromatic carbocycles. The van der Waals surface area contributed by atoms with Gasteiger partial charge in [0.05, 0.1) is 11.1 Å². The standard InChI is InChI=1S/C14H9NO2/c15-9-11-7-4-8-12(13(11)14(16)17)10-5-2-1-3-6-10/h1-8H,(H,16,17). The fraction of sp³-hybridized carbons (Fsp3) is 0. The molecule has 0 radical (unpaired) electrons. The Morgan fingerprint density at radius 2 is 1.76 bits per heavy atom. The maximum absolute atomic E-state index is 11.2. The molecule has 2 aromatic rings. The first-order valence-corrected chi connectivity index (χ1v) is 5.06. The zero-order valence-corrected chi connectivity index (χ0v) is 8.92. The zero-order valence-electron chi connectivity index (χ0n) is 8.92. The normalized spacial score (nSPS) is 9.59. The van der Waals surface area contributed by atoms with Gasteiger partial charge in [-0.2, -0.15) is 5.26 Å². The van der Waals surface area contributed by atoms with Gasteiger partial charge in [0.25, 0.3) is 0 Å². The van der Waals surface area contributed by atoms with Crippen molar-refractivity contribution in [2.75, 3.05) is 0 Å². The Bertz CT molecular complexity index is 597. The van der Waals surface area contributed by atoms with Crippen LogP contribution in [0.5, 0.6) is 0 Å². The minimum absolute atomic E-state index is 0.0567. The van der Waals surface area contributed by atoms with Gasteiger partial charge in [-0.15, -0.1) is 0 Å². The maximum Gasteiger partial charge on any atom is 0.337 e. The van der Waals surface area contributed by atoms with Crippen molar-refractivity contribution in [2.45, 2.75) is 0 Å². The molecule has 0 atom stereocenters. The summed E-state index contributed by atoms with van der Waals surface area (Å²) >= 11 is 0. The Labute approximate surface area is 98.6 Å². The molecule has 0 bridgehead atoms. The molecule has 0 saturated carbocycles. The van der Waals surface area contributed by atoms with E-state index in [4.69, 9.17) is 5.26 Å². The number of nitriles is 1. The SMILES string of the molecule is N#Cc1cccc(-c2ccccc2)c1C(=O)O. The Morgan fingerprint density at radius 1 is 1.06 bits per heavy atom. The van der Waals surface area contributed by atoms with E-state index in [1.54, 1.807) is 12.1 Å². The van der Waals surface area contributed by atoms with Crippen molar-refractivity contribution in [1.29, 1.82) is 5.26 Å². The first-order valence-electron chi connectivity index (χ1n) is 5.06. The summed E-state index contributed by atoms with van der Waals surface area (Å²) in [5, 5.41) is 18.1. The lowest BCUT2D eigenvalue weighted by atomic mass is 9.96. The Hall–Kier alpha value is -2.60. The second-order valence-corrected chi connectivity index (χ2v) is 3.51. The largest absolute Gasteiger partial charge is 0.478 e. The lowest BCUT2D eigenvalue weighted by Gasteiger charge is -2.07. The first kappa shape index (κ1) is 10.9. The molecule has 0 unspecified atom stereocenters. The second-order valence-electron chi connectivity index (χ2n) is 3.51. The van der Waals surface area contributed by atoms with Crippen LogP contribution in [-0.2, 0) is 0 Å². The molecule has 0 amide bonds. The summed E-state index contributed by atoms with van der Waals surface area (Å²) in [6.45, 7) is 0. The van der Waals surface area contributed by atoms with Gasteiger partial charge in [-0.3, -0.25) is 0 Å². The second kappa shape index (κ2) is 4.50. The van der Waals surface area contributed by atoms with Crippen molar-refractivity contribution in [1.82, 2.24) is 0 Å². The molecule has 3 nitrogen and oxygen atoms in total. The quantitative estimate of drug-likeness (QED) is 0.851. The van der Waals surface area contributed by atoms with Crippen LogP contribution >= 0.6 is 0 Å². The van der Waals surface area contributed by atoms with Crippen molar-refractivity contribution in [2.24, 2.45) is 0 Å². The predicted molar refractivity (Wildman–Crippen MR) is 63.6 cm³/mol. The molecule has 0 aliphatic heterocycles. The number of aromatic carboxylic acids is 1. The van der Waals surface area contributed by atoms with Crippen molar-refractivity contribution in [3.05, 3.63) is 59.7 Å². The van der Waals surface area contributed by atoms with Crippen LogP contribution in [0.1, 0.15) is 15.9 Å². The van der Waals surface area contributed by atoms with E-state index in [9.17, 15) is 9.90 Å². The topological polar surface area (TPSA) is 61.1 Å². The van der Waals surface area contributed by atoms with Crippen molar-refractivity contribution >= 4 is 5.97 Å². The van der Waals surface area contributed by atoms with E-state index in [0.29, 0.717) is 5.56 Å². The van der Waals surface area contributed by atoms with E-state index in [-0.39, 0.29) is 11.1 Å². The summed E-state index contributed by atoms with van der Waals surface area (Å²) in [6.07, 6.45) is 0. The van der Waals surface area contributed by atoms with E-state index in [0.717, 1.165) is 5.56 Å². The molecule has 0 aromatic heterocycles. The van der Waals surface area contributed by atoms with Crippen LogP contribution in [0.4, 0.5) is 0 Å². The molecular formula is C14H9NO2. The van der Waals surface area contributed by atoms with Crippen LogP contribution in [0.2, 0.25) is 0 Å². The van der Waals surface area contributed by atoms with Gasteiger partial charge in [0.2, 0.25) is 0 Å². The van der Waals surface area contributed by atoms with Gasteiger partial charge in [-0.1, -0.05) is 42.5 Å². The molecule has 3 heteroatoms. The molecular weight excluding hydrogens is 214 g/mol. The van der Waals surface area contributed by atoms with E-state index in [1.165, 1.54) is 6.07 Å². The summed E-state index contributed by atoms with van der Waals surface area (Å²) < 4.78 is 0. The van der Waals surface area contributed by atoms with Gasteiger partial charge in [-0.05, 0) is 17.2 Å². The van der Waals surface area contributed by atoms with Gasteiger partial charge < -0.3 is 5.11 Å². The van der Waals surface area contributed by atoms with Crippen LogP contribution in [0, 0.1) is 11.3 Å². The number of carbonyl (C=O) groups is 1. The molecule has 2 rings (SSSR count). The summed E-state index contributed by atoms with van der Waals surface area (Å²) in [5.41, 5.74) is 1.60. The fourth-order valence-corrected chi connectivity index (χ4v) is 1.73. The first-order chi connectivity index (χ1) is 8.24. The van der Waals surface area contributed by atoms with Crippen molar-refractivity contribution in [3.63, 3.8) is 0 Å². The molecule has 0 aliphatic rings. The maximum atomic E-state index is 11.2. The van der Waals surface area contributed by atoms with Crippen LogP contribution in [0.3, 0.4) is 0 Å². The average Bonchev–Trinajstić information content (AvgIpc) is 2.38. The molecule has 1 N–H and O–H groups in total. The number of nitrogens with zero attached hydrogens (tertiary/aromatic N) is 1. The molecule has 0 fully saturated rings. The van der Waals surface area contributed by atoms with Crippen LogP contribution in [-0.4, -0.2) is 11.1 Å². The van der Waals surface area contributed by atoms with Crippen LogP contribution < -0.4 is 0 Å². The van der Waals surface area contributed by atoms with Crippen LogP contribution in [0.25, 0.3) is 11.1 Å². The zero-order chi connectivity index (χ0) is 12.3. The summed E-state index contributed by atoms with van der Waals surface area (Å²) in [5.74, 6) is -1.08. The lowest BCUT2D eigenvalue weighted by Crippen LogP contribution is -2.03. The Kier molecular flexibility index (Phi) is 2.89. The molecule has 0 aliphatic carbocycles. The van der Waals surface area contributed by atoms with Gasteiger partial charge in [0.15, 0.2) is 0 Å². The number of hydrogen-bond acceptors (Lipinski definition) is 2. The monoisotopic (exact) mass is 223 g/mol. The van der Waals surface area contributed by atoms with Gasteiger partial charge in [0, 0.05) is 0 Å². The number of hydrogen-bond donors (Lipinski definition) is 1. The van der Waals surface area contributed by atoms with E-state index < -0.39 is 5.97 Å². The number of benzene rings is 2. The molecule has 0 saturated heterocycles. The van der Waals surface area contributed by atoms with E-state index in [2.05, 4.69) is 0 Å². The van der Waals surface area contributed by atoms with Crippen molar-refractivity contribution < 1.29 is 9.90 Å². The summed E-state index contributed by atoms with van der Waals surface area (Å²) in [4.78, 5) is 11.2. The highest BCUT2D eigenvalue weighted by molar-refractivity contribution is 5.98. The molecule has 0 spiro atoms. The Balaban J connectivity index is 2.71. The van der Waals surface area contributed by atoms with Gasteiger partial charge in [0.1, 0.15) is 6.07 Å². The molecule has 0 heterocycles. The Morgan fingerprint density at radius 3 is 2.35 bits per heavy atom. The highest BCUT2D eigenvalue weighted by Crippen LogP contribution is 2.25. The van der Waals surface area contributed by atoms with Gasteiger partial charge >= 0.3 is 5.97 Å². The smallest absolute Gasteiger partial charge is 0.337 e. The molecule has 17 heavy (non-hydrogen) atoms. The minimum atomic E-state index is -1.08. The highest BCUT2D eigenvalue weighted by atomic mass is 16.4. The third kappa shape index (κ3) is 2.01. The third-order valence-electron chi connectivity index (χ3n) is 2.48. The number of rotatable bonds is 2. The van der Waals surface area contributed by atoms with Crippen molar-refractivity contribution in [3.8, 4) is 17.2 Å². The number of carboxylic acid groups (broad SMARTS) is 1. The predicted octanol–water partition coefficient (Wildman–Crippen LogP) is 2.92. The van der Waals surface area contributed by atoms with Crippen LogP contribution in [0.15, 0.2) is 48.5 Å². The minimum Gasteiger partial charge on any atom is -0.478 e. The average molecular weight is 223 g/mol. The van der Waals surface area contributed by atoms with E-state index in [1.807, 2.05) is 36.4 Å². The molecule has 82 valence electrons. The third-order valence-corrected chi connectivity index (χ3v) is 2.48. The van der Waals surface area contributed by atoms with Gasteiger partial charge in [-0.25, -0.2) is 4.79 Å². The van der Waals surface area contributed by atoms with E-state index >= 15 is 0 Å². The lowest BCUT2D eigenvalue weighted by molar-refractivity contribution is 0.0697. The summed E-state index contributed by atoms with van der Waals surface area (Å²) in [7, 11) is 0. The summed E-state index contributed by atoms with van der Waals surface area (Å²) in [6, 6.07) is 16.0.